The third-order valence-corrected chi connectivity index (χ3v) is 3.38. The summed E-state index contributed by atoms with van der Waals surface area (Å²) in [6, 6.07) is 13.0. The highest BCUT2D eigenvalue weighted by molar-refractivity contribution is 5.64. The smallest absolute Gasteiger partial charge is 0.201 e. The second-order valence-electron chi connectivity index (χ2n) is 6.55. The molecule has 2 aromatic rings. The number of aromatic nitrogens is 1. The van der Waals surface area contributed by atoms with E-state index < -0.39 is 0 Å². The molecule has 0 aliphatic carbocycles. The van der Waals surface area contributed by atoms with Crippen molar-refractivity contribution in [2.45, 2.75) is 34.1 Å². The Morgan fingerprint density at radius 1 is 1.00 bits per heavy atom. The van der Waals surface area contributed by atoms with Crippen LogP contribution in [-0.2, 0) is 13.5 Å². The molecule has 1 nitrogen and oxygen atoms in total. The van der Waals surface area contributed by atoms with E-state index in [-0.39, 0.29) is 0 Å². The Bertz CT molecular complexity index is 576. The molecular formula is C18H24N+. The van der Waals surface area contributed by atoms with Gasteiger partial charge in [0.2, 0.25) is 5.69 Å². The summed E-state index contributed by atoms with van der Waals surface area (Å²) in [6.07, 6.45) is 3.22. The first-order chi connectivity index (χ1) is 8.88. The number of benzene rings is 1. The summed E-state index contributed by atoms with van der Waals surface area (Å²) in [5, 5.41) is 0. The van der Waals surface area contributed by atoms with Gasteiger partial charge >= 0.3 is 0 Å². The van der Waals surface area contributed by atoms with Crippen LogP contribution in [-0.4, -0.2) is 0 Å². The van der Waals surface area contributed by atoms with Crippen LogP contribution in [0.1, 0.15) is 31.9 Å². The fourth-order valence-corrected chi connectivity index (χ4v) is 2.58. The Hall–Kier alpha value is -1.63. The molecule has 1 aromatic carbocycles. The van der Waals surface area contributed by atoms with E-state index in [1.807, 2.05) is 0 Å². The SMILES string of the molecule is Cc1ccccc1-c1c(CC(C)(C)C)ccc[n+]1C. The monoisotopic (exact) mass is 254 g/mol. The van der Waals surface area contributed by atoms with E-state index in [0.717, 1.165) is 6.42 Å². The largest absolute Gasteiger partial charge is 0.215 e. The van der Waals surface area contributed by atoms with Gasteiger partial charge in [-0.15, -0.1) is 0 Å². The van der Waals surface area contributed by atoms with Crippen molar-refractivity contribution in [1.29, 1.82) is 0 Å². The standard InChI is InChI=1S/C18H24N/c1-14-9-6-7-11-16(14)17-15(13-18(2,3)4)10-8-12-19(17)5/h6-12H,13H2,1-5H3/q+1. The highest BCUT2D eigenvalue weighted by atomic mass is 14.9. The van der Waals surface area contributed by atoms with Gasteiger partial charge in [0, 0.05) is 17.2 Å². The second-order valence-corrected chi connectivity index (χ2v) is 6.55. The van der Waals surface area contributed by atoms with E-state index in [1.54, 1.807) is 0 Å². The normalized spacial score (nSPS) is 11.6. The molecule has 0 unspecified atom stereocenters. The Balaban J connectivity index is 2.59. The highest BCUT2D eigenvalue weighted by Crippen LogP contribution is 2.28. The number of pyridine rings is 1. The van der Waals surface area contributed by atoms with Crippen molar-refractivity contribution >= 4 is 0 Å². The maximum atomic E-state index is 2.29. The molecule has 2 rings (SSSR count). The molecule has 0 amide bonds. The molecule has 0 atom stereocenters. The van der Waals surface area contributed by atoms with Gasteiger partial charge in [-0.3, -0.25) is 0 Å². The minimum atomic E-state index is 0.297. The van der Waals surface area contributed by atoms with Crippen molar-refractivity contribution in [2.24, 2.45) is 12.5 Å². The Labute approximate surface area is 116 Å². The first-order valence-corrected chi connectivity index (χ1v) is 6.92. The van der Waals surface area contributed by atoms with Crippen molar-refractivity contribution in [3.05, 3.63) is 53.7 Å². The number of hydrogen-bond donors (Lipinski definition) is 0. The third kappa shape index (κ3) is 3.23. The van der Waals surface area contributed by atoms with E-state index in [1.165, 1.54) is 22.4 Å². The van der Waals surface area contributed by atoms with Crippen LogP contribution in [0.4, 0.5) is 0 Å². The number of nitrogens with zero attached hydrogens (tertiary/aromatic N) is 1. The van der Waals surface area contributed by atoms with Crippen LogP contribution in [0.5, 0.6) is 0 Å². The minimum absolute atomic E-state index is 0.297. The van der Waals surface area contributed by atoms with E-state index in [0.29, 0.717) is 5.41 Å². The van der Waals surface area contributed by atoms with Crippen LogP contribution in [0.15, 0.2) is 42.6 Å². The summed E-state index contributed by atoms with van der Waals surface area (Å²) in [5.74, 6) is 0. The predicted octanol–water partition coefficient (Wildman–Crippen LogP) is 4.08. The molecular weight excluding hydrogens is 230 g/mol. The quantitative estimate of drug-likeness (QED) is 0.711. The zero-order valence-electron chi connectivity index (χ0n) is 12.7. The number of aryl methyl sites for hydroxylation is 2. The summed E-state index contributed by atoms with van der Waals surface area (Å²) in [4.78, 5) is 0. The van der Waals surface area contributed by atoms with Gasteiger partial charge in [0.1, 0.15) is 7.05 Å². The van der Waals surface area contributed by atoms with Gasteiger partial charge in [-0.25, -0.2) is 4.57 Å². The van der Waals surface area contributed by atoms with Crippen molar-refractivity contribution in [1.82, 2.24) is 0 Å². The highest BCUT2D eigenvalue weighted by Gasteiger charge is 2.21. The van der Waals surface area contributed by atoms with Gasteiger partial charge in [0.25, 0.3) is 0 Å². The van der Waals surface area contributed by atoms with Gasteiger partial charge in [-0.05, 0) is 36.5 Å². The lowest BCUT2D eigenvalue weighted by atomic mass is 9.86. The lowest BCUT2D eigenvalue weighted by molar-refractivity contribution is -0.660. The maximum Gasteiger partial charge on any atom is 0.215 e. The van der Waals surface area contributed by atoms with Crippen molar-refractivity contribution in [3.63, 3.8) is 0 Å². The number of hydrogen-bond acceptors (Lipinski definition) is 0. The Morgan fingerprint density at radius 3 is 2.32 bits per heavy atom. The van der Waals surface area contributed by atoms with Gasteiger partial charge in [-0.1, -0.05) is 39.0 Å². The molecule has 1 heteroatoms. The average Bonchev–Trinajstić information content (AvgIpc) is 2.29. The second kappa shape index (κ2) is 5.16. The number of rotatable bonds is 2. The lowest BCUT2D eigenvalue weighted by Gasteiger charge is -2.19. The molecule has 1 aromatic heterocycles. The van der Waals surface area contributed by atoms with Crippen molar-refractivity contribution in [3.8, 4) is 11.3 Å². The fourth-order valence-electron chi connectivity index (χ4n) is 2.58. The van der Waals surface area contributed by atoms with Crippen LogP contribution in [0.3, 0.4) is 0 Å². The first kappa shape index (κ1) is 13.8. The van der Waals surface area contributed by atoms with Gasteiger partial charge in [0.05, 0.1) is 0 Å². The van der Waals surface area contributed by atoms with Crippen LogP contribution < -0.4 is 4.57 Å². The van der Waals surface area contributed by atoms with Gasteiger partial charge in [0.15, 0.2) is 6.20 Å². The van der Waals surface area contributed by atoms with Crippen LogP contribution in [0.25, 0.3) is 11.3 Å². The molecule has 19 heavy (non-hydrogen) atoms. The lowest BCUT2D eigenvalue weighted by Crippen LogP contribution is -2.32. The van der Waals surface area contributed by atoms with Crippen LogP contribution >= 0.6 is 0 Å². The molecule has 100 valence electrons. The summed E-state index contributed by atoms with van der Waals surface area (Å²) in [7, 11) is 2.13. The average molecular weight is 254 g/mol. The Kier molecular flexibility index (Phi) is 3.75. The molecule has 0 spiro atoms. The molecule has 0 saturated heterocycles. The zero-order valence-corrected chi connectivity index (χ0v) is 12.7. The topological polar surface area (TPSA) is 3.88 Å². The molecule has 0 fully saturated rings. The molecule has 0 aliphatic heterocycles. The van der Waals surface area contributed by atoms with E-state index in [2.05, 4.69) is 81.9 Å². The van der Waals surface area contributed by atoms with E-state index >= 15 is 0 Å². The van der Waals surface area contributed by atoms with E-state index in [4.69, 9.17) is 0 Å². The van der Waals surface area contributed by atoms with Crippen LogP contribution in [0.2, 0.25) is 0 Å². The van der Waals surface area contributed by atoms with Gasteiger partial charge < -0.3 is 0 Å². The van der Waals surface area contributed by atoms with Crippen molar-refractivity contribution < 1.29 is 4.57 Å². The predicted molar refractivity (Wildman–Crippen MR) is 81.0 cm³/mol. The molecule has 0 aliphatic rings. The molecule has 1 heterocycles. The minimum Gasteiger partial charge on any atom is -0.201 e. The summed E-state index contributed by atoms with van der Waals surface area (Å²) < 4.78 is 2.24. The molecule has 0 bridgehead atoms. The molecule has 0 radical (unpaired) electrons. The first-order valence-electron chi connectivity index (χ1n) is 6.92. The van der Waals surface area contributed by atoms with Gasteiger partial charge in [-0.2, -0.15) is 0 Å². The fraction of sp³-hybridized carbons (Fsp3) is 0.389. The molecule has 0 N–H and O–H groups in total. The molecule has 0 saturated carbocycles. The summed E-state index contributed by atoms with van der Waals surface area (Å²) in [6.45, 7) is 9.06. The van der Waals surface area contributed by atoms with E-state index in [9.17, 15) is 0 Å². The summed E-state index contributed by atoms with van der Waals surface area (Å²) >= 11 is 0. The van der Waals surface area contributed by atoms with Crippen LogP contribution in [0, 0.1) is 12.3 Å². The zero-order chi connectivity index (χ0) is 14.0. The summed E-state index contributed by atoms with van der Waals surface area (Å²) in [5.41, 5.74) is 5.73. The third-order valence-electron chi connectivity index (χ3n) is 3.38. The maximum absolute atomic E-state index is 2.29. The van der Waals surface area contributed by atoms with Crippen molar-refractivity contribution in [2.75, 3.05) is 0 Å². The Morgan fingerprint density at radius 2 is 1.68 bits per heavy atom.